The second-order valence-electron chi connectivity index (χ2n) is 6.31. The Bertz CT molecular complexity index is 1060. The van der Waals surface area contributed by atoms with Crippen molar-refractivity contribution in [2.24, 2.45) is 0 Å². The van der Waals surface area contributed by atoms with E-state index in [1.165, 1.54) is 5.69 Å². The van der Waals surface area contributed by atoms with Gasteiger partial charge in [-0.1, -0.05) is 49.4 Å². The summed E-state index contributed by atoms with van der Waals surface area (Å²) >= 11 is 0. The molecular formula is C22H20N2O. The van der Waals surface area contributed by atoms with Crippen LogP contribution in [0.1, 0.15) is 18.2 Å². The van der Waals surface area contributed by atoms with Crippen molar-refractivity contribution in [3.05, 3.63) is 78.0 Å². The molecule has 3 heteroatoms. The van der Waals surface area contributed by atoms with E-state index in [2.05, 4.69) is 41.5 Å². The molecule has 0 radical (unpaired) electrons. The Balaban J connectivity index is 1.55. The summed E-state index contributed by atoms with van der Waals surface area (Å²) in [6, 6.07) is 22.4. The van der Waals surface area contributed by atoms with Gasteiger partial charge in [0.1, 0.15) is 0 Å². The van der Waals surface area contributed by atoms with Crippen LogP contribution < -0.4 is 5.32 Å². The highest BCUT2D eigenvalue weighted by atomic mass is 16.1. The number of hydrogen-bond donors (Lipinski definition) is 2. The van der Waals surface area contributed by atoms with E-state index in [9.17, 15) is 4.79 Å². The van der Waals surface area contributed by atoms with E-state index in [1.54, 1.807) is 0 Å². The molecule has 0 atom stereocenters. The molecule has 0 bridgehead atoms. The molecule has 25 heavy (non-hydrogen) atoms. The minimum atomic E-state index is 0.00181. The van der Waals surface area contributed by atoms with Crippen LogP contribution in [0.25, 0.3) is 21.7 Å². The van der Waals surface area contributed by atoms with Gasteiger partial charge in [-0.25, -0.2) is 0 Å². The van der Waals surface area contributed by atoms with Gasteiger partial charge < -0.3 is 10.3 Å². The molecule has 4 rings (SSSR count). The van der Waals surface area contributed by atoms with Crippen LogP contribution in [-0.2, 0) is 17.6 Å². The predicted molar refractivity (Wildman–Crippen MR) is 104 cm³/mol. The predicted octanol–water partition coefficient (Wildman–Crippen LogP) is 5.06. The number of anilines is 1. The summed E-state index contributed by atoms with van der Waals surface area (Å²) in [6.07, 6.45) is 1.34. The highest BCUT2D eigenvalue weighted by molar-refractivity contribution is 5.97. The average molecular weight is 328 g/mol. The Morgan fingerprint density at radius 1 is 0.960 bits per heavy atom. The van der Waals surface area contributed by atoms with Gasteiger partial charge >= 0.3 is 0 Å². The molecule has 3 aromatic carbocycles. The van der Waals surface area contributed by atoms with Gasteiger partial charge in [0, 0.05) is 22.3 Å². The van der Waals surface area contributed by atoms with Crippen LogP contribution in [0.4, 0.5) is 5.69 Å². The first-order valence-corrected chi connectivity index (χ1v) is 8.61. The lowest BCUT2D eigenvalue weighted by atomic mass is 10.0. The molecule has 0 saturated carbocycles. The van der Waals surface area contributed by atoms with Crippen LogP contribution in [0.15, 0.2) is 66.7 Å². The van der Waals surface area contributed by atoms with Crippen molar-refractivity contribution in [3.63, 3.8) is 0 Å². The van der Waals surface area contributed by atoms with Gasteiger partial charge in [-0.2, -0.15) is 0 Å². The zero-order chi connectivity index (χ0) is 17.2. The maximum Gasteiger partial charge on any atom is 0.228 e. The third-order valence-corrected chi connectivity index (χ3v) is 4.57. The molecular weight excluding hydrogens is 308 g/mol. The number of aryl methyl sites for hydroxylation is 1. The molecule has 0 aliphatic carbocycles. The fraction of sp³-hybridized carbons (Fsp3) is 0.136. The smallest absolute Gasteiger partial charge is 0.228 e. The summed E-state index contributed by atoms with van der Waals surface area (Å²) in [6.45, 7) is 2.12. The highest BCUT2D eigenvalue weighted by Crippen LogP contribution is 2.22. The number of nitrogens with one attached hydrogen (secondary N) is 2. The maximum atomic E-state index is 12.5. The lowest BCUT2D eigenvalue weighted by Crippen LogP contribution is -2.14. The van der Waals surface area contributed by atoms with Crippen molar-refractivity contribution in [3.8, 4) is 0 Å². The molecule has 0 unspecified atom stereocenters. The number of rotatable bonds is 4. The van der Waals surface area contributed by atoms with E-state index >= 15 is 0 Å². The quantitative estimate of drug-likeness (QED) is 0.540. The summed E-state index contributed by atoms with van der Waals surface area (Å²) in [4.78, 5) is 15.9. The van der Waals surface area contributed by atoms with Crippen LogP contribution in [0, 0.1) is 0 Å². The lowest BCUT2D eigenvalue weighted by Gasteiger charge is -2.08. The van der Waals surface area contributed by atoms with E-state index < -0.39 is 0 Å². The molecule has 0 aliphatic heterocycles. The Kier molecular flexibility index (Phi) is 3.98. The van der Waals surface area contributed by atoms with Gasteiger partial charge in [0.05, 0.1) is 6.42 Å². The third kappa shape index (κ3) is 3.13. The molecule has 4 aromatic rings. The van der Waals surface area contributed by atoms with Gasteiger partial charge in [0.25, 0.3) is 0 Å². The van der Waals surface area contributed by atoms with Crippen LogP contribution in [0.5, 0.6) is 0 Å². The standard InChI is InChI=1S/C22H20N2O/c1-2-18-12-17-13-19(10-11-21(17)23-18)24-22(25)14-16-8-5-7-15-6-3-4-9-20(15)16/h3-13,23H,2,14H2,1H3,(H,24,25). The van der Waals surface area contributed by atoms with Crippen molar-refractivity contribution in [2.45, 2.75) is 19.8 Å². The van der Waals surface area contributed by atoms with Crippen LogP contribution in [0.3, 0.4) is 0 Å². The minimum absolute atomic E-state index is 0.00181. The van der Waals surface area contributed by atoms with Gasteiger partial charge in [0.15, 0.2) is 0 Å². The van der Waals surface area contributed by atoms with Gasteiger partial charge in [-0.3, -0.25) is 4.79 Å². The molecule has 0 fully saturated rings. The maximum absolute atomic E-state index is 12.5. The first kappa shape index (κ1) is 15.5. The van der Waals surface area contributed by atoms with E-state index in [0.29, 0.717) is 6.42 Å². The lowest BCUT2D eigenvalue weighted by molar-refractivity contribution is -0.115. The Morgan fingerprint density at radius 3 is 2.68 bits per heavy atom. The van der Waals surface area contributed by atoms with Crippen molar-refractivity contribution >= 4 is 33.3 Å². The van der Waals surface area contributed by atoms with Crippen molar-refractivity contribution < 1.29 is 4.79 Å². The van der Waals surface area contributed by atoms with Crippen molar-refractivity contribution in [2.75, 3.05) is 5.32 Å². The SMILES string of the molecule is CCc1cc2cc(NC(=O)Cc3cccc4ccccc34)ccc2[nH]1. The summed E-state index contributed by atoms with van der Waals surface area (Å²) in [7, 11) is 0. The van der Waals surface area contributed by atoms with Gasteiger partial charge in [-0.15, -0.1) is 0 Å². The number of carbonyl (C=O) groups is 1. The Morgan fingerprint density at radius 2 is 1.80 bits per heavy atom. The van der Waals surface area contributed by atoms with E-state index in [1.807, 2.05) is 42.5 Å². The van der Waals surface area contributed by atoms with Crippen molar-refractivity contribution in [1.82, 2.24) is 4.98 Å². The molecule has 1 heterocycles. The number of amides is 1. The Labute approximate surface area is 146 Å². The molecule has 2 N–H and O–H groups in total. The average Bonchev–Trinajstić information content (AvgIpc) is 3.04. The largest absolute Gasteiger partial charge is 0.358 e. The fourth-order valence-electron chi connectivity index (χ4n) is 3.29. The third-order valence-electron chi connectivity index (χ3n) is 4.57. The first-order chi connectivity index (χ1) is 12.2. The molecule has 3 nitrogen and oxygen atoms in total. The number of H-pyrrole nitrogens is 1. The number of fused-ring (bicyclic) bond motifs is 2. The summed E-state index contributed by atoms with van der Waals surface area (Å²) in [5, 5.41) is 6.44. The molecule has 0 spiro atoms. The topological polar surface area (TPSA) is 44.9 Å². The van der Waals surface area contributed by atoms with E-state index in [0.717, 1.165) is 39.3 Å². The number of aromatic amines is 1. The molecule has 1 aromatic heterocycles. The molecule has 0 saturated heterocycles. The van der Waals surface area contributed by atoms with Gasteiger partial charge in [-0.05, 0) is 47.0 Å². The second-order valence-corrected chi connectivity index (χ2v) is 6.31. The molecule has 124 valence electrons. The summed E-state index contributed by atoms with van der Waals surface area (Å²) in [5.74, 6) is 0.00181. The van der Waals surface area contributed by atoms with Crippen molar-refractivity contribution in [1.29, 1.82) is 0 Å². The number of carbonyl (C=O) groups excluding carboxylic acids is 1. The van der Waals surface area contributed by atoms with E-state index in [-0.39, 0.29) is 5.91 Å². The van der Waals surface area contributed by atoms with Crippen LogP contribution >= 0.6 is 0 Å². The monoisotopic (exact) mass is 328 g/mol. The van der Waals surface area contributed by atoms with Gasteiger partial charge in [0.2, 0.25) is 5.91 Å². The second kappa shape index (κ2) is 6.44. The first-order valence-electron chi connectivity index (χ1n) is 8.61. The van der Waals surface area contributed by atoms with Crippen LogP contribution in [-0.4, -0.2) is 10.9 Å². The zero-order valence-electron chi connectivity index (χ0n) is 14.2. The minimum Gasteiger partial charge on any atom is -0.358 e. The highest BCUT2D eigenvalue weighted by Gasteiger charge is 2.08. The number of benzene rings is 3. The number of hydrogen-bond acceptors (Lipinski definition) is 1. The van der Waals surface area contributed by atoms with Crippen LogP contribution in [0.2, 0.25) is 0 Å². The van der Waals surface area contributed by atoms with E-state index in [4.69, 9.17) is 0 Å². The normalized spacial score (nSPS) is 11.1. The molecule has 0 aliphatic rings. The fourth-order valence-corrected chi connectivity index (χ4v) is 3.29. The number of aromatic nitrogens is 1. The zero-order valence-corrected chi connectivity index (χ0v) is 14.2. The summed E-state index contributed by atoms with van der Waals surface area (Å²) in [5.41, 5.74) is 4.18. The molecule has 1 amide bonds. The Hall–Kier alpha value is -3.07. The summed E-state index contributed by atoms with van der Waals surface area (Å²) < 4.78 is 0.